The van der Waals surface area contributed by atoms with Crippen molar-refractivity contribution in [2.75, 3.05) is 0 Å². The highest BCUT2D eigenvalue weighted by molar-refractivity contribution is 9.10. The monoisotopic (exact) mass is 341 g/mol. The Morgan fingerprint density at radius 1 is 1.20 bits per heavy atom. The van der Waals surface area contributed by atoms with Crippen molar-refractivity contribution < 1.29 is 19.8 Å². The van der Waals surface area contributed by atoms with Gasteiger partial charge in [0.25, 0.3) is 0 Å². The summed E-state index contributed by atoms with van der Waals surface area (Å²) in [5.74, 6) is -3.02. The first-order chi connectivity index (χ1) is 9.40. The van der Waals surface area contributed by atoms with Gasteiger partial charge in [-0.1, -0.05) is 40.2 Å². The third-order valence-corrected chi connectivity index (χ3v) is 3.33. The van der Waals surface area contributed by atoms with Crippen LogP contribution in [0, 0.1) is 5.92 Å². The van der Waals surface area contributed by atoms with E-state index in [1.165, 1.54) is 0 Å². The molecule has 5 nitrogen and oxygen atoms in total. The van der Waals surface area contributed by atoms with Gasteiger partial charge in [-0.2, -0.15) is 0 Å². The number of hydrogen-bond donors (Lipinski definition) is 3. The molecule has 0 amide bonds. The number of benzene rings is 1. The van der Waals surface area contributed by atoms with Gasteiger partial charge in [0.1, 0.15) is 6.04 Å². The highest BCUT2D eigenvalue weighted by Gasteiger charge is 2.23. The van der Waals surface area contributed by atoms with Gasteiger partial charge in [-0.15, -0.1) is 0 Å². The first-order valence-electron chi connectivity index (χ1n) is 6.03. The van der Waals surface area contributed by atoms with E-state index in [2.05, 4.69) is 15.9 Å². The van der Waals surface area contributed by atoms with Crippen LogP contribution in [0.5, 0.6) is 0 Å². The lowest BCUT2D eigenvalue weighted by Crippen LogP contribution is -2.34. The molecule has 0 aromatic heterocycles. The summed E-state index contributed by atoms with van der Waals surface area (Å²) in [5, 5.41) is 17.8. The number of aliphatic carboxylic acids is 2. The summed E-state index contributed by atoms with van der Waals surface area (Å²) in [6.07, 6.45) is 3.67. The third-order valence-electron chi connectivity index (χ3n) is 2.81. The number of carbonyl (C=O) groups is 2. The molecule has 4 N–H and O–H groups in total. The minimum Gasteiger partial charge on any atom is -0.481 e. The Morgan fingerprint density at radius 2 is 1.80 bits per heavy atom. The smallest absolute Gasteiger partial charge is 0.320 e. The Hall–Kier alpha value is -1.66. The minimum atomic E-state index is -1.19. The summed E-state index contributed by atoms with van der Waals surface area (Å²) in [7, 11) is 0. The van der Waals surface area contributed by atoms with Gasteiger partial charge in [0.05, 0.1) is 5.92 Å². The van der Waals surface area contributed by atoms with Gasteiger partial charge in [-0.3, -0.25) is 9.59 Å². The molecule has 0 saturated carbocycles. The third kappa shape index (κ3) is 5.54. The normalized spacial score (nSPS) is 14.1. The molecule has 1 aromatic carbocycles. The molecule has 0 aliphatic heterocycles. The Kier molecular flexibility index (Phi) is 6.41. The largest absolute Gasteiger partial charge is 0.481 e. The Balaban J connectivity index is 2.60. The quantitative estimate of drug-likeness (QED) is 0.706. The standard InChI is InChI=1S/C14H16BrNO4/c15-11-6-4-9(5-7-11)2-1-3-10(13(17)18)8-12(16)14(19)20/h1-2,4-7,10,12H,3,8,16H2,(H,17,18)(H,19,20)/b2-1+/t10-,12-/m0/s1. The number of carboxylic acid groups (broad SMARTS) is 2. The summed E-state index contributed by atoms with van der Waals surface area (Å²) >= 11 is 3.33. The Labute approximate surface area is 125 Å². The fourth-order valence-electron chi connectivity index (χ4n) is 1.65. The number of rotatable bonds is 7. The SMILES string of the molecule is N[C@@H](C[C@H](C/C=C/c1ccc(Br)cc1)C(=O)O)C(=O)O. The lowest BCUT2D eigenvalue weighted by molar-refractivity contribution is -0.143. The molecule has 0 bridgehead atoms. The highest BCUT2D eigenvalue weighted by Crippen LogP contribution is 2.15. The van der Waals surface area contributed by atoms with E-state index in [4.69, 9.17) is 15.9 Å². The van der Waals surface area contributed by atoms with E-state index in [0.29, 0.717) is 0 Å². The molecular formula is C14H16BrNO4. The van der Waals surface area contributed by atoms with E-state index >= 15 is 0 Å². The van der Waals surface area contributed by atoms with E-state index < -0.39 is 23.9 Å². The van der Waals surface area contributed by atoms with E-state index in [0.717, 1.165) is 10.0 Å². The van der Waals surface area contributed by atoms with Crippen LogP contribution in [0.2, 0.25) is 0 Å². The molecule has 20 heavy (non-hydrogen) atoms. The molecule has 108 valence electrons. The zero-order valence-corrected chi connectivity index (χ0v) is 12.3. The summed E-state index contributed by atoms with van der Waals surface area (Å²) < 4.78 is 0.963. The number of allylic oxidation sites excluding steroid dienone is 1. The van der Waals surface area contributed by atoms with Crippen LogP contribution < -0.4 is 5.73 Å². The average Bonchev–Trinajstić information content (AvgIpc) is 2.39. The lowest BCUT2D eigenvalue weighted by Gasteiger charge is -2.12. The first kappa shape index (κ1) is 16.4. The van der Waals surface area contributed by atoms with Crippen molar-refractivity contribution in [1.82, 2.24) is 0 Å². The van der Waals surface area contributed by atoms with Crippen molar-refractivity contribution in [3.63, 3.8) is 0 Å². The van der Waals surface area contributed by atoms with Crippen LogP contribution in [0.4, 0.5) is 0 Å². The van der Waals surface area contributed by atoms with E-state index in [9.17, 15) is 9.59 Å². The van der Waals surface area contributed by atoms with Crippen molar-refractivity contribution in [1.29, 1.82) is 0 Å². The van der Waals surface area contributed by atoms with Gasteiger partial charge >= 0.3 is 11.9 Å². The maximum Gasteiger partial charge on any atom is 0.320 e. The predicted octanol–water partition coefficient (Wildman–Crippen LogP) is 2.36. The predicted molar refractivity (Wildman–Crippen MR) is 79.1 cm³/mol. The molecule has 1 rings (SSSR count). The van der Waals surface area contributed by atoms with Gasteiger partial charge < -0.3 is 15.9 Å². The van der Waals surface area contributed by atoms with Crippen LogP contribution in [0.15, 0.2) is 34.8 Å². The van der Waals surface area contributed by atoms with Crippen molar-refractivity contribution in [2.45, 2.75) is 18.9 Å². The number of hydrogen-bond acceptors (Lipinski definition) is 3. The molecule has 0 heterocycles. The average molecular weight is 342 g/mol. The summed E-state index contributed by atoms with van der Waals surface area (Å²) in [6, 6.07) is 6.39. The van der Waals surface area contributed by atoms with E-state index in [-0.39, 0.29) is 12.8 Å². The van der Waals surface area contributed by atoms with Crippen LogP contribution in [-0.2, 0) is 9.59 Å². The summed E-state index contributed by atoms with van der Waals surface area (Å²) in [6.45, 7) is 0. The van der Waals surface area contributed by atoms with Gasteiger partial charge in [0.2, 0.25) is 0 Å². The Bertz CT molecular complexity index is 498. The zero-order chi connectivity index (χ0) is 15.1. The highest BCUT2D eigenvalue weighted by atomic mass is 79.9. The molecule has 0 spiro atoms. The minimum absolute atomic E-state index is 0.0880. The summed E-state index contributed by atoms with van der Waals surface area (Å²) in [5.41, 5.74) is 6.31. The molecular weight excluding hydrogens is 326 g/mol. The maximum absolute atomic E-state index is 11.1. The van der Waals surface area contributed by atoms with Gasteiger partial charge in [-0.25, -0.2) is 0 Å². The van der Waals surface area contributed by atoms with Crippen molar-refractivity contribution in [3.05, 3.63) is 40.4 Å². The fourth-order valence-corrected chi connectivity index (χ4v) is 1.91. The zero-order valence-electron chi connectivity index (χ0n) is 10.7. The molecule has 1 aromatic rings. The van der Waals surface area contributed by atoms with Gasteiger partial charge in [0.15, 0.2) is 0 Å². The molecule has 0 aliphatic carbocycles. The van der Waals surface area contributed by atoms with Gasteiger partial charge in [0, 0.05) is 4.47 Å². The second-order valence-corrected chi connectivity index (χ2v) is 5.32. The lowest BCUT2D eigenvalue weighted by atomic mass is 9.96. The number of halogens is 1. The van der Waals surface area contributed by atoms with Crippen molar-refractivity contribution in [3.8, 4) is 0 Å². The fraction of sp³-hybridized carbons (Fsp3) is 0.286. The number of carboxylic acids is 2. The first-order valence-corrected chi connectivity index (χ1v) is 6.82. The van der Waals surface area contributed by atoms with Crippen LogP contribution in [0.25, 0.3) is 6.08 Å². The molecule has 0 fully saturated rings. The maximum atomic E-state index is 11.1. The van der Waals surface area contributed by atoms with E-state index in [1.54, 1.807) is 12.2 Å². The molecule has 0 radical (unpaired) electrons. The molecule has 2 atom stereocenters. The second kappa shape index (κ2) is 7.81. The number of nitrogens with two attached hydrogens (primary N) is 1. The van der Waals surface area contributed by atoms with Crippen LogP contribution in [0.3, 0.4) is 0 Å². The van der Waals surface area contributed by atoms with Crippen LogP contribution in [0.1, 0.15) is 18.4 Å². The van der Waals surface area contributed by atoms with E-state index in [1.807, 2.05) is 24.3 Å². The van der Waals surface area contributed by atoms with Gasteiger partial charge in [-0.05, 0) is 30.5 Å². The Morgan fingerprint density at radius 3 is 2.30 bits per heavy atom. The van der Waals surface area contributed by atoms with Crippen LogP contribution >= 0.6 is 15.9 Å². The second-order valence-electron chi connectivity index (χ2n) is 4.41. The van der Waals surface area contributed by atoms with Crippen molar-refractivity contribution in [2.24, 2.45) is 11.7 Å². The topological polar surface area (TPSA) is 101 Å². The van der Waals surface area contributed by atoms with Crippen LogP contribution in [-0.4, -0.2) is 28.2 Å². The van der Waals surface area contributed by atoms with Crippen molar-refractivity contribution >= 4 is 33.9 Å². The molecule has 6 heteroatoms. The summed E-state index contributed by atoms with van der Waals surface area (Å²) in [4.78, 5) is 21.7. The molecule has 0 aliphatic rings. The molecule has 0 unspecified atom stereocenters. The molecule has 0 saturated heterocycles.